The van der Waals surface area contributed by atoms with Gasteiger partial charge in [-0.05, 0) is 24.0 Å². The summed E-state index contributed by atoms with van der Waals surface area (Å²) in [5.74, 6) is 2.30. The van der Waals surface area contributed by atoms with E-state index >= 15 is 0 Å². The van der Waals surface area contributed by atoms with Gasteiger partial charge in [0.25, 0.3) is 0 Å². The number of hydrogen-bond donors (Lipinski definition) is 1. The molecule has 142 valence electrons. The summed E-state index contributed by atoms with van der Waals surface area (Å²) < 4.78 is 10.6. The number of imidazole rings is 1. The molecule has 0 bridgehead atoms. The molecule has 0 spiro atoms. The molecule has 0 atom stereocenters. The Morgan fingerprint density at radius 2 is 1.96 bits per heavy atom. The molecule has 6 nitrogen and oxygen atoms in total. The fourth-order valence-corrected chi connectivity index (χ4v) is 4.24. The zero-order valence-corrected chi connectivity index (χ0v) is 16.4. The highest BCUT2D eigenvalue weighted by Crippen LogP contribution is 2.33. The zero-order valence-electron chi connectivity index (χ0n) is 15.6. The fraction of sp³-hybridized carbons (Fsp3) is 0.238. The van der Waals surface area contributed by atoms with Crippen LogP contribution in [0.5, 0.6) is 5.75 Å². The second-order valence-electron chi connectivity index (χ2n) is 6.87. The van der Waals surface area contributed by atoms with E-state index in [2.05, 4.69) is 38.3 Å². The summed E-state index contributed by atoms with van der Waals surface area (Å²) in [6.45, 7) is 3.23. The van der Waals surface area contributed by atoms with E-state index in [0.29, 0.717) is 12.4 Å². The number of fused-ring (bicyclic) bond motifs is 5. The molecule has 0 saturated carbocycles. The van der Waals surface area contributed by atoms with Crippen molar-refractivity contribution in [1.82, 2.24) is 18.8 Å². The number of anilines is 1. The maximum Gasteiger partial charge on any atom is 0.152 e. The van der Waals surface area contributed by atoms with E-state index in [1.54, 1.807) is 11.9 Å². The molecule has 2 N–H and O–H groups in total. The van der Waals surface area contributed by atoms with Gasteiger partial charge in [-0.25, -0.2) is 14.3 Å². The second-order valence-corrected chi connectivity index (χ2v) is 7.75. The first kappa shape index (κ1) is 17.3. The van der Waals surface area contributed by atoms with Gasteiger partial charge in [0.05, 0.1) is 17.6 Å². The van der Waals surface area contributed by atoms with E-state index in [1.165, 1.54) is 0 Å². The van der Waals surface area contributed by atoms with Crippen molar-refractivity contribution in [2.75, 3.05) is 18.5 Å². The first-order chi connectivity index (χ1) is 13.7. The standard InChI is InChI=1S/C21H21N5OS/c1-28-25-9-10-26-18(12-25)24-19-20(26)16-8-7-15(11-17(16)23-21(19)22)27-13-14-5-3-2-4-6-14/h2-8,11H,9-10,12-13H2,1H3,(H2,22,23). The van der Waals surface area contributed by atoms with Gasteiger partial charge in [-0.3, -0.25) is 0 Å². The highest BCUT2D eigenvalue weighted by molar-refractivity contribution is 7.96. The smallest absolute Gasteiger partial charge is 0.152 e. The van der Waals surface area contributed by atoms with E-state index in [4.69, 9.17) is 15.5 Å². The number of rotatable bonds is 4. The summed E-state index contributed by atoms with van der Waals surface area (Å²) in [5.41, 5.74) is 10.1. The lowest BCUT2D eigenvalue weighted by atomic mass is 10.1. The molecule has 0 unspecified atom stereocenters. The van der Waals surface area contributed by atoms with E-state index in [0.717, 1.165) is 58.7 Å². The molecular formula is C21H21N5OS. The van der Waals surface area contributed by atoms with Crippen LogP contribution in [0.3, 0.4) is 0 Å². The summed E-state index contributed by atoms with van der Waals surface area (Å²) in [6.07, 6.45) is 2.10. The highest BCUT2D eigenvalue weighted by Gasteiger charge is 2.22. The van der Waals surface area contributed by atoms with Crippen LogP contribution in [-0.4, -0.2) is 31.6 Å². The van der Waals surface area contributed by atoms with Gasteiger partial charge in [0.15, 0.2) is 5.82 Å². The first-order valence-electron chi connectivity index (χ1n) is 9.27. The Balaban J connectivity index is 1.54. The van der Waals surface area contributed by atoms with Crippen LogP contribution in [0, 0.1) is 0 Å². The molecular weight excluding hydrogens is 370 g/mol. The Morgan fingerprint density at radius 3 is 2.79 bits per heavy atom. The van der Waals surface area contributed by atoms with Gasteiger partial charge in [-0.1, -0.05) is 42.3 Å². The van der Waals surface area contributed by atoms with Crippen LogP contribution in [0.25, 0.3) is 21.9 Å². The van der Waals surface area contributed by atoms with Crippen LogP contribution in [0.15, 0.2) is 48.5 Å². The molecule has 28 heavy (non-hydrogen) atoms. The van der Waals surface area contributed by atoms with Crippen molar-refractivity contribution in [3.8, 4) is 5.75 Å². The number of aromatic nitrogens is 3. The number of nitrogens with two attached hydrogens (primary N) is 1. The van der Waals surface area contributed by atoms with Crippen molar-refractivity contribution in [3.63, 3.8) is 0 Å². The third kappa shape index (κ3) is 2.96. The molecule has 1 aliphatic rings. The highest BCUT2D eigenvalue weighted by atomic mass is 32.2. The molecule has 4 aromatic rings. The Hall–Kier alpha value is -2.77. The molecule has 0 radical (unpaired) electrons. The monoisotopic (exact) mass is 391 g/mol. The third-order valence-corrected chi connectivity index (χ3v) is 5.98. The van der Waals surface area contributed by atoms with Crippen LogP contribution in [0.2, 0.25) is 0 Å². The van der Waals surface area contributed by atoms with Crippen molar-refractivity contribution in [2.24, 2.45) is 0 Å². The van der Waals surface area contributed by atoms with Crippen LogP contribution in [-0.2, 0) is 19.7 Å². The van der Waals surface area contributed by atoms with Crippen molar-refractivity contribution in [2.45, 2.75) is 19.7 Å². The van der Waals surface area contributed by atoms with Crippen molar-refractivity contribution >= 4 is 39.7 Å². The molecule has 0 saturated heterocycles. The normalized spacial score (nSPS) is 14.5. The van der Waals surface area contributed by atoms with E-state index in [-0.39, 0.29) is 0 Å². The van der Waals surface area contributed by atoms with Gasteiger partial charge >= 0.3 is 0 Å². The SMILES string of the molecule is CSN1CCn2c(nc3c(N)nc4cc(OCc5ccccc5)ccc4c32)C1. The van der Waals surface area contributed by atoms with E-state index < -0.39 is 0 Å². The molecule has 2 aromatic heterocycles. The maximum atomic E-state index is 6.27. The molecule has 5 rings (SSSR count). The zero-order chi connectivity index (χ0) is 19.1. The van der Waals surface area contributed by atoms with Crippen LogP contribution < -0.4 is 10.5 Å². The average molecular weight is 392 g/mol. The second kappa shape index (κ2) is 7.00. The van der Waals surface area contributed by atoms with Gasteiger partial charge in [-0.15, -0.1) is 0 Å². The number of benzene rings is 2. The van der Waals surface area contributed by atoms with Gasteiger partial charge in [0, 0.05) is 24.5 Å². The summed E-state index contributed by atoms with van der Waals surface area (Å²) in [5, 5.41) is 1.06. The Kier molecular flexibility index (Phi) is 4.33. The van der Waals surface area contributed by atoms with Crippen molar-refractivity contribution < 1.29 is 4.74 Å². The predicted molar refractivity (Wildman–Crippen MR) is 114 cm³/mol. The number of pyridine rings is 1. The van der Waals surface area contributed by atoms with Gasteiger partial charge in [0.2, 0.25) is 0 Å². The van der Waals surface area contributed by atoms with E-state index in [1.807, 2.05) is 30.3 Å². The number of nitrogens with zero attached hydrogens (tertiary/aromatic N) is 4. The summed E-state index contributed by atoms with van der Waals surface area (Å²) in [7, 11) is 0. The lowest BCUT2D eigenvalue weighted by molar-refractivity contribution is 0.306. The van der Waals surface area contributed by atoms with E-state index in [9.17, 15) is 0 Å². The van der Waals surface area contributed by atoms with Crippen LogP contribution in [0.1, 0.15) is 11.4 Å². The minimum Gasteiger partial charge on any atom is -0.489 e. The molecule has 2 aromatic carbocycles. The molecule has 0 amide bonds. The summed E-state index contributed by atoms with van der Waals surface area (Å²) in [4.78, 5) is 9.39. The topological polar surface area (TPSA) is 69.2 Å². The Labute approximate surface area is 167 Å². The molecule has 7 heteroatoms. The molecule has 1 aliphatic heterocycles. The lowest BCUT2D eigenvalue weighted by Crippen LogP contribution is -2.28. The predicted octanol–water partition coefficient (Wildman–Crippen LogP) is 3.84. The number of nitrogen functional groups attached to an aromatic ring is 1. The van der Waals surface area contributed by atoms with Gasteiger partial charge in [0.1, 0.15) is 23.7 Å². The summed E-state index contributed by atoms with van der Waals surface area (Å²) >= 11 is 1.75. The van der Waals surface area contributed by atoms with Crippen LogP contribution >= 0.6 is 11.9 Å². The third-order valence-electron chi connectivity index (χ3n) is 5.15. The average Bonchev–Trinajstić information content (AvgIpc) is 3.12. The van der Waals surface area contributed by atoms with Gasteiger partial charge < -0.3 is 15.0 Å². The minimum absolute atomic E-state index is 0.473. The van der Waals surface area contributed by atoms with Gasteiger partial charge in [-0.2, -0.15) is 0 Å². The number of hydrogen-bond acceptors (Lipinski definition) is 6. The van der Waals surface area contributed by atoms with Crippen molar-refractivity contribution in [1.29, 1.82) is 0 Å². The number of ether oxygens (including phenoxy) is 1. The maximum absolute atomic E-state index is 6.27. The van der Waals surface area contributed by atoms with Crippen LogP contribution in [0.4, 0.5) is 5.82 Å². The Morgan fingerprint density at radius 1 is 1.11 bits per heavy atom. The summed E-state index contributed by atoms with van der Waals surface area (Å²) in [6, 6.07) is 16.2. The molecule has 0 aliphatic carbocycles. The fourth-order valence-electron chi connectivity index (χ4n) is 3.73. The van der Waals surface area contributed by atoms with Crippen molar-refractivity contribution in [3.05, 3.63) is 59.9 Å². The molecule has 3 heterocycles. The largest absolute Gasteiger partial charge is 0.489 e. The first-order valence-corrected chi connectivity index (χ1v) is 10.5. The molecule has 0 fully saturated rings. The lowest BCUT2D eigenvalue weighted by Gasteiger charge is -2.25. The Bertz CT molecular complexity index is 1160. The quantitative estimate of drug-likeness (QED) is 0.533. The minimum atomic E-state index is 0.473.